The molecule has 0 aromatic heterocycles. The molecule has 1 saturated heterocycles. The number of hydrogen-bond acceptors (Lipinski definition) is 4. The number of rotatable bonds is 3. The number of likely N-dealkylation sites (tertiary alicyclic amines) is 1. The maximum Gasteiger partial charge on any atom is 0.313 e. The molecule has 0 saturated carbocycles. The number of benzene rings is 1. The van der Waals surface area contributed by atoms with Crippen molar-refractivity contribution >= 4 is 5.69 Å². The van der Waals surface area contributed by atoms with E-state index in [1.807, 2.05) is 7.05 Å². The maximum absolute atomic E-state index is 13.0. The number of piperidine rings is 1. The van der Waals surface area contributed by atoms with Crippen LogP contribution in [0.2, 0.25) is 0 Å². The molecule has 1 aromatic carbocycles. The van der Waals surface area contributed by atoms with E-state index in [1.165, 1.54) is 12.1 Å². The second-order valence-corrected chi connectivity index (χ2v) is 4.49. The lowest BCUT2D eigenvalue weighted by Gasteiger charge is -2.29. The molecule has 0 unspecified atom stereocenters. The van der Waals surface area contributed by atoms with E-state index in [4.69, 9.17) is 4.74 Å². The van der Waals surface area contributed by atoms with Crippen LogP contribution < -0.4 is 4.74 Å². The average Bonchev–Trinajstić information content (AvgIpc) is 2.34. The number of nitro benzene ring substituents is 1. The summed E-state index contributed by atoms with van der Waals surface area (Å²) < 4.78 is 18.6. The number of hydrogen-bond donors (Lipinski definition) is 0. The molecule has 18 heavy (non-hydrogen) atoms. The van der Waals surface area contributed by atoms with Crippen LogP contribution in [0.5, 0.6) is 5.75 Å². The molecule has 1 aliphatic rings. The molecule has 0 atom stereocenters. The second-order valence-electron chi connectivity index (χ2n) is 4.49. The van der Waals surface area contributed by atoms with Crippen molar-refractivity contribution < 1.29 is 14.1 Å². The SMILES string of the molecule is CN1CCC(Oc2ccc(F)cc2[N+](=O)[O-])CC1. The molecule has 0 amide bonds. The first-order valence-electron chi connectivity index (χ1n) is 5.85. The molecule has 1 aliphatic heterocycles. The highest BCUT2D eigenvalue weighted by Gasteiger charge is 2.22. The smallest absolute Gasteiger partial charge is 0.313 e. The van der Waals surface area contributed by atoms with Gasteiger partial charge in [-0.3, -0.25) is 10.1 Å². The van der Waals surface area contributed by atoms with Crippen molar-refractivity contribution in [3.63, 3.8) is 0 Å². The van der Waals surface area contributed by atoms with E-state index < -0.39 is 10.7 Å². The van der Waals surface area contributed by atoms with Gasteiger partial charge in [-0.15, -0.1) is 0 Å². The van der Waals surface area contributed by atoms with E-state index >= 15 is 0 Å². The highest BCUT2D eigenvalue weighted by atomic mass is 19.1. The summed E-state index contributed by atoms with van der Waals surface area (Å²) in [4.78, 5) is 12.4. The Bertz CT molecular complexity index is 445. The third kappa shape index (κ3) is 2.95. The lowest BCUT2D eigenvalue weighted by atomic mass is 10.1. The monoisotopic (exact) mass is 254 g/mol. The summed E-state index contributed by atoms with van der Waals surface area (Å²) in [7, 11) is 2.02. The third-order valence-corrected chi connectivity index (χ3v) is 3.08. The number of halogens is 1. The van der Waals surface area contributed by atoms with E-state index in [-0.39, 0.29) is 17.5 Å². The zero-order valence-electron chi connectivity index (χ0n) is 10.1. The normalized spacial score (nSPS) is 17.7. The Morgan fingerprint density at radius 3 is 2.72 bits per heavy atom. The van der Waals surface area contributed by atoms with Gasteiger partial charge in [0.1, 0.15) is 11.9 Å². The van der Waals surface area contributed by atoms with E-state index in [0.717, 1.165) is 32.0 Å². The van der Waals surface area contributed by atoms with Crippen LogP contribution in [-0.4, -0.2) is 36.1 Å². The van der Waals surface area contributed by atoms with Crippen LogP contribution in [-0.2, 0) is 0 Å². The van der Waals surface area contributed by atoms with Crippen LogP contribution in [0.15, 0.2) is 18.2 Å². The molecule has 1 fully saturated rings. The van der Waals surface area contributed by atoms with Crippen LogP contribution in [0, 0.1) is 15.9 Å². The minimum atomic E-state index is -0.627. The van der Waals surface area contributed by atoms with Gasteiger partial charge in [-0.05, 0) is 32.0 Å². The molecule has 5 nitrogen and oxygen atoms in total. The summed E-state index contributed by atoms with van der Waals surface area (Å²) in [5.41, 5.74) is -0.311. The number of nitrogens with zero attached hydrogens (tertiary/aromatic N) is 2. The van der Waals surface area contributed by atoms with Gasteiger partial charge >= 0.3 is 5.69 Å². The first-order chi connectivity index (χ1) is 8.56. The Morgan fingerprint density at radius 2 is 2.11 bits per heavy atom. The molecular formula is C12H15FN2O3. The molecule has 98 valence electrons. The highest BCUT2D eigenvalue weighted by molar-refractivity contribution is 5.46. The highest BCUT2D eigenvalue weighted by Crippen LogP contribution is 2.29. The van der Waals surface area contributed by atoms with Gasteiger partial charge in [0, 0.05) is 13.1 Å². The standard InChI is InChI=1S/C12H15FN2O3/c1-14-6-4-10(5-7-14)18-12-3-2-9(13)8-11(12)15(16)17/h2-3,8,10H,4-7H2,1H3. The minimum Gasteiger partial charge on any atom is -0.483 e. The number of ether oxygens (including phenoxy) is 1. The fraction of sp³-hybridized carbons (Fsp3) is 0.500. The lowest BCUT2D eigenvalue weighted by molar-refractivity contribution is -0.386. The number of nitro groups is 1. The summed E-state index contributed by atoms with van der Waals surface area (Å²) in [6.45, 7) is 1.80. The molecule has 6 heteroatoms. The fourth-order valence-electron chi connectivity index (χ4n) is 2.02. The Labute approximate surface area is 104 Å². The van der Waals surface area contributed by atoms with Crippen molar-refractivity contribution in [3.05, 3.63) is 34.1 Å². The fourth-order valence-corrected chi connectivity index (χ4v) is 2.02. The molecule has 2 rings (SSSR count). The molecule has 0 radical (unpaired) electrons. The quantitative estimate of drug-likeness (QED) is 0.613. The van der Waals surface area contributed by atoms with Crippen molar-refractivity contribution in [1.29, 1.82) is 0 Å². The van der Waals surface area contributed by atoms with Gasteiger partial charge in [-0.2, -0.15) is 0 Å². The van der Waals surface area contributed by atoms with Gasteiger partial charge in [-0.1, -0.05) is 0 Å². The van der Waals surface area contributed by atoms with E-state index in [2.05, 4.69) is 4.90 Å². The summed E-state index contributed by atoms with van der Waals surface area (Å²) in [5.74, 6) is -0.478. The van der Waals surface area contributed by atoms with Crippen LogP contribution in [0.25, 0.3) is 0 Å². The summed E-state index contributed by atoms with van der Waals surface area (Å²) in [6, 6.07) is 3.40. The second kappa shape index (κ2) is 5.30. The van der Waals surface area contributed by atoms with Gasteiger partial charge < -0.3 is 9.64 Å². The van der Waals surface area contributed by atoms with Gasteiger partial charge in [0.25, 0.3) is 0 Å². The van der Waals surface area contributed by atoms with E-state index in [0.29, 0.717) is 0 Å². The Hall–Kier alpha value is -1.69. The topological polar surface area (TPSA) is 55.6 Å². The average molecular weight is 254 g/mol. The van der Waals surface area contributed by atoms with Crippen molar-refractivity contribution in [2.45, 2.75) is 18.9 Å². The molecule has 0 aliphatic carbocycles. The maximum atomic E-state index is 13.0. The van der Waals surface area contributed by atoms with Gasteiger partial charge in [0.05, 0.1) is 11.0 Å². The van der Waals surface area contributed by atoms with Crippen LogP contribution in [0.3, 0.4) is 0 Å². The summed E-state index contributed by atoms with van der Waals surface area (Å²) >= 11 is 0. The largest absolute Gasteiger partial charge is 0.483 e. The van der Waals surface area contributed by atoms with E-state index in [1.54, 1.807) is 0 Å². The Kier molecular flexibility index (Phi) is 3.76. The van der Waals surface area contributed by atoms with Crippen molar-refractivity contribution in [3.8, 4) is 5.75 Å². The lowest BCUT2D eigenvalue weighted by Crippen LogP contribution is -2.35. The van der Waals surface area contributed by atoms with Gasteiger partial charge in [0.2, 0.25) is 0 Å². The van der Waals surface area contributed by atoms with Crippen LogP contribution >= 0.6 is 0 Å². The van der Waals surface area contributed by atoms with Crippen molar-refractivity contribution in [2.75, 3.05) is 20.1 Å². The first-order valence-corrected chi connectivity index (χ1v) is 5.85. The molecular weight excluding hydrogens is 239 g/mol. The molecule has 0 N–H and O–H groups in total. The molecule has 0 bridgehead atoms. The van der Waals surface area contributed by atoms with Gasteiger partial charge in [0.15, 0.2) is 5.75 Å². The van der Waals surface area contributed by atoms with Crippen molar-refractivity contribution in [1.82, 2.24) is 4.90 Å². The Morgan fingerprint density at radius 1 is 1.44 bits per heavy atom. The minimum absolute atomic E-state index is 0.0367. The van der Waals surface area contributed by atoms with Crippen LogP contribution in [0.4, 0.5) is 10.1 Å². The third-order valence-electron chi connectivity index (χ3n) is 3.08. The zero-order chi connectivity index (χ0) is 13.1. The first kappa shape index (κ1) is 12.8. The molecule has 0 spiro atoms. The predicted octanol–water partition coefficient (Wildman–Crippen LogP) is 2.21. The summed E-state index contributed by atoms with van der Waals surface area (Å²) in [6.07, 6.45) is 1.61. The zero-order valence-corrected chi connectivity index (χ0v) is 10.1. The Balaban J connectivity index is 2.11. The molecule has 1 aromatic rings. The van der Waals surface area contributed by atoms with Crippen molar-refractivity contribution in [2.24, 2.45) is 0 Å². The molecule has 1 heterocycles. The van der Waals surface area contributed by atoms with Gasteiger partial charge in [-0.25, -0.2) is 4.39 Å². The van der Waals surface area contributed by atoms with E-state index in [9.17, 15) is 14.5 Å². The predicted molar refractivity (Wildman–Crippen MR) is 64.2 cm³/mol. The van der Waals surface area contributed by atoms with Crippen LogP contribution in [0.1, 0.15) is 12.8 Å². The summed E-state index contributed by atoms with van der Waals surface area (Å²) in [5, 5.41) is 10.8.